The minimum absolute atomic E-state index is 0.124. The number of aryl methyl sites for hydroxylation is 1. The number of urea groups is 1. The smallest absolute Gasteiger partial charge is 0.322 e. The molecule has 3 heterocycles. The summed E-state index contributed by atoms with van der Waals surface area (Å²) in [5.74, 6) is 1.82. The van der Waals surface area contributed by atoms with Crippen molar-refractivity contribution in [3.63, 3.8) is 0 Å². The number of hydrogen-bond donors (Lipinski definition) is 1. The van der Waals surface area contributed by atoms with E-state index in [-0.39, 0.29) is 6.03 Å². The van der Waals surface area contributed by atoms with E-state index in [0.717, 1.165) is 43.4 Å². The highest BCUT2D eigenvalue weighted by molar-refractivity contribution is 6.33. The summed E-state index contributed by atoms with van der Waals surface area (Å²) in [5.41, 5.74) is 1.71. The van der Waals surface area contributed by atoms with Gasteiger partial charge in [-0.3, -0.25) is 0 Å². The summed E-state index contributed by atoms with van der Waals surface area (Å²) in [7, 11) is 0. The Morgan fingerprint density at radius 1 is 0.929 bits per heavy atom. The molecule has 0 unspecified atom stereocenters. The molecule has 0 spiro atoms. The Morgan fingerprint density at radius 3 is 2.11 bits per heavy atom. The second-order valence-corrected chi connectivity index (χ2v) is 7.74. The van der Waals surface area contributed by atoms with Gasteiger partial charge in [0, 0.05) is 39.3 Å². The number of nitrogens with zero attached hydrogens (tertiary/aromatic N) is 5. The maximum Gasteiger partial charge on any atom is 0.322 e. The molecule has 2 aromatic rings. The maximum absolute atomic E-state index is 12.5. The largest absolute Gasteiger partial charge is 0.355 e. The Bertz CT molecular complexity index is 829. The first kappa shape index (κ1) is 18.8. The standard InChI is InChI=1S/C20H25ClN6O/c1-15-4-5-17(16(21)14-15)22-20(28)27-12-10-26(11-13-27)19-7-6-18(23-24-19)25-8-2-3-9-25/h4-7,14H,2-3,8-13H2,1H3,(H,22,28). The van der Waals surface area contributed by atoms with Gasteiger partial charge in [-0.05, 0) is 49.6 Å². The molecule has 0 bridgehead atoms. The first-order valence-electron chi connectivity index (χ1n) is 9.76. The van der Waals surface area contributed by atoms with Crippen LogP contribution in [-0.2, 0) is 0 Å². The summed E-state index contributed by atoms with van der Waals surface area (Å²) in [4.78, 5) is 18.8. The summed E-state index contributed by atoms with van der Waals surface area (Å²) < 4.78 is 0. The van der Waals surface area contributed by atoms with Crippen LogP contribution in [0.2, 0.25) is 5.02 Å². The number of benzene rings is 1. The molecule has 2 fully saturated rings. The topological polar surface area (TPSA) is 64.6 Å². The molecule has 148 valence electrons. The van der Waals surface area contributed by atoms with Crippen LogP contribution < -0.4 is 15.1 Å². The number of nitrogens with one attached hydrogen (secondary N) is 1. The molecular formula is C20H25ClN6O. The minimum Gasteiger partial charge on any atom is -0.355 e. The van der Waals surface area contributed by atoms with Crippen molar-refractivity contribution >= 4 is 35.0 Å². The van der Waals surface area contributed by atoms with Gasteiger partial charge in [0.05, 0.1) is 10.7 Å². The van der Waals surface area contributed by atoms with Crippen molar-refractivity contribution in [2.24, 2.45) is 0 Å². The average Bonchev–Trinajstić information content (AvgIpc) is 3.25. The molecule has 0 radical (unpaired) electrons. The van der Waals surface area contributed by atoms with Crippen molar-refractivity contribution in [2.45, 2.75) is 19.8 Å². The molecule has 28 heavy (non-hydrogen) atoms. The molecule has 4 rings (SSSR count). The van der Waals surface area contributed by atoms with Crippen molar-refractivity contribution in [1.29, 1.82) is 0 Å². The van der Waals surface area contributed by atoms with Gasteiger partial charge in [0.25, 0.3) is 0 Å². The molecule has 1 aromatic heterocycles. The monoisotopic (exact) mass is 400 g/mol. The second-order valence-electron chi connectivity index (χ2n) is 7.33. The van der Waals surface area contributed by atoms with Crippen LogP contribution in [0.3, 0.4) is 0 Å². The number of halogens is 1. The Kier molecular flexibility index (Phi) is 5.52. The number of anilines is 3. The summed E-state index contributed by atoms with van der Waals surface area (Å²) in [6, 6.07) is 9.57. The van der Waals surface area contributed by atoms with Crippen molar-refractivity contribution in [2.75, 3.05) is 54.4 Å². The number of piperazine rings is 1. The van der Waals surface area contributed by atoms with Crippen molar-refractivity contribution < 1.29 is 4.79 Å². The molecule has 2 aliphatic rings. The van der Waals surface area contributed by atoms with Gasteiger partial charge in [0.1, 0.15) is 0 Å². The van der Waals surface area contributed by atoms with Gasteiger partial charge in [-0.25, -0.2) is 4.79 Å². The molecule has 0 saturated carbocycles. The Hall–Kier alpha value is -2.54. The number of carbonyl (C=O) groups is 1. The Balaban J connectivity index is 1.32. The number of carbonyl (C=O) groups excluding carboxylic acids is 1. The van der Waals surface area contributed by atoms with Gasteiger partial charge in [0.2, 0.25) is 0 Å². The zero-order valence-corrected chi connectivity index (χ0v) is 16.8. The van der Waals surface area contributed by atoms with Crippen LogP contribution in [0, 0.1) is 6.92 Å². The fourth-order valence-corrected chi connectivity index (χ4v) is 3.94. The van der Waals surface area contributed by atoms with E-state index in [0.29, 0.717) is 23.8 Å². The van der Waals surface area contributed by atoms with Crippen LogP contribution >= 0.6 is 11.6 Å². The third kappa shape index (κ3) is 4.14. The number of hydrogen-bond acceptors (Lipinski definition) is 5. The molecular weight excluding hydrogens is 376 g/mol. The third-order valence-corrected chi connectivity index (χ3v) is 5.64. The predicted octanol–water partition coefficient (Wildman–Crippen LogP) is 3.39. The van der Waals surface area contributed by atoms with E-state index < -0.39 is 0 Å². The average molecular weight is 401 g/mol. The van der Waals surface area contributed by atoms with Gasteiger partial charge in [0.15, 0.2) is 11.6 Å². The molecule has 2 saturated heterocycles. The predicted molar refractivity (Wildman–Crippen MR) is 112 cm³/mol. The van der Waals surface area contributed by atoms with E-state index in [9.17, 15) is 4.79 Å². The number of amides is 2. The van der Waals surface area contributed by atoms with E-state index in [1.165, 1.54) is 12.8 Å². The Labute approximate surface area is 170 Å². The molecule has 0 aliphatic carbocycles. The first-order chi connectivity index (χ1) is 13.6. The highest BCUT2D eigenvalue weighted by Crippen LogP contribution is 2.24. The summed E-state index contributed by atoms with van der Waals surface area (Å²) in [6.45, 7) is 6.81. The third-order valence-electron chi connectivity index (χ3n) is 5.32. The zero-order chi connectivity index (χ0) is 19.5. The lowest BCUT2D eigenvalue weighted by atomic mass is 10.2. The van der Waals surface area contributed by atoms with Crippen LogP contribution in [-0.4, -0.2) is 60.4 Å². The van der Waals surface area contributed by atoms with E-state index in [2.05, 4.69) is 25.3 Å². The normalized spacial score (nSPS) is 17.1. The Morgan fingerprint density at radius 2 is 1.54 bits per heavy atom. The van der Waals surface area contributed by atoms with Crippen molar-refractivity contribution in [3.8, 4) is 0 Å². The number of rotatable bonds is 3. The maximum atomic E-state index is 12.5. The van der Waals surface area contributed by atoms with Crippen LogP contribution in [0.25, 0.3) is 0 Å². The fourth-order valence-electron chi connectivity index (χ4n) is 3.66. The van der Waals surface area contributed by atoms with Crippen LogP contribution in [0.5, 0.6) is 0 Å². The minimum atomic E-state index is -0.124. The molecule has 7 nitrogen and oxygen atoms in total. The van der Waals surface area contributed by atoms with Crippen molar-refractivity contribution in [1.82, 2.24) is 15.1 Å². The molecule has 2 amide bonds. The van der Waals surface area contributed by atoms with Gasteiger partial charge < -0.3 is 20.0 Å². The van der Waals surface area contributed by atoms with E-state index >= 15 is 0 Å². The quantitative estimate of drug-likeness (QED) is 0.855. The SMILES string of the molecule is Cc1ccc(NC(=O)N2CCN(c3ccc(N4CCCC4)nn3)CC2)c(Cl)c1. The summed E-state index contributed by atoms with van der Waals surface area (Å²) in [6.07, 6.45) is 2.45. The second kappa shape index (κ2) is 8.22. The van der Waals surface area contributed by atoms with Crippen LogP contribution in [0.15, 0.2) is 30.3 Å². The molecule has 2 aliphatic heterocycles. The number of aromatic nitrogens is 2. The summed E-state index contributed by atoms with van der Waals surface area (Å²) >= 11 is 6.22. The van der Waals surface area contributed by atoms with Gasteiger partial charge in [-0.15, -0.1) is 10.2 Å². The van der Waals surface area contributed by atoms with E-state index in [1.54, 1.807) is 4.90 Å². The fraction of sp³-hybridized carbons (Fsp3) is 0.450. The van der Waals surface area contributed by atoms with Gasteiger partial charge in [-0.1, -0.05) is 17.7 Å². The van der Waals surface area contributed by atoms with E-state index in [4.69, 9.17) is 11.6 Å². The zero-order valence-electron chi connectivity index (χ0n) is 16.1. The van der Waals surface area contributed by atoms with Crippen LogP contribution in [0.1, 0.15) is 18.4 Å². The molecule has 1 N–H and O–H groups in total. The first-order valence-corrected chi connectivity index (χ1v) is 10.1. The van der Waals surface area contributed by atoms with Gasteiger partial charge >= 0.3 is 6.03 Å². The molecule has 0 atom stereocenters. The lowest BCUT2D eigenvalue weighted by molar-refractivity contribution is 0.208. The highest BCUT2D eigenvalue weighted by atomic mass is 35.5. The van der Waals surface area contributed by atoms with Crippen molar-refractivity contribution in [3.05, 3.63) is 40.9 Å². The highest BCUT2D eigenvalue weighted by Gasteiger charge is 2.23. The van der Waals surface area contributed by atoms with E-state index in [1.807, 2.05) is 37.3 Å². The lowest BCUT2D eigenvalue weighted by Crippen LogP contribution is -2.50. The molecule has 8 heteroatoms. The molecule has 1 aromatic carbocycles. The van der Waals surface area contributed by atoms with Crippen LogP contribution in [0.4, 0.5) is 22.1 Å². The lowest BCUT2D eigenvalue weighted by Gasteiger charge is -2.35. The summed E-state index contributed by atoms with van der Waals surface area (Å²) in [5, 5.41) is 12.3. The van der Waals surface area contributed by atoms with Gasteiger partial charge in [-0.2, -0.15) is 0 Å².